The number of benzene rings is 2. The maximum Gasteiger partial charge on any atom is 0.170 e. The molecular weight excluding hydrogens is 208 g/mol. The normalized spacial score (nSPS) is 12.1. The number of hydrogen-bond acceptors (Lipinski definition) is 1. The average Bonchev–Trinajstić information content (AvgIpc) is 2.39. The summed E-state index contributed by atoms with van der Waals surface area (Å²) >= 11 is 0. The van der Waals surface area contributed by atoms with E-state index in [-0.39, 0.29) is 11.7 Å². The maximum atomic E-state index is 12.4. The largest absolute Gasteiger partial charge is 0.293 e. The lowest BCUT2D eigenvalue weighted by molar-refractivity contribution is 0.0965. The van der Waals surface area contributed by atoms with Crippen LogP contribution in [0.5, 0.6) is 0 Å². The lowest BCUT2D eigenvalue weighted by atomic mass is 9.90. The van der Waals surface area contributed by atoms with Crippen molar-refractivity contribution in [2.45, 2.75) is 19.8 Å². The van der Waals surface area contributed by atoms with Crippen molar-refractivity contribution in [1.29, 1.82) is 0 Å². The Bertz CT molecular complexity index is 514. The highest BCUT2D eigenvalue weighted by Crippen LogP contribution is 2.21. The molecule has 0 unspecified atom stereocenters. The second-order valence-corrected chi connectivity index (χ2v) is 4.31. The minimum atomic E-state index is -0.0858. The van der Waals surface area contributed by atoms with E-state index in [0.29, 0.717) is 0 Å². The van der Waals surface area contributed by atoms with Crippen LogP contribution in [-0.2, 0) is 0 Å². The van der Waals surface area contributed by atoms with Crippen molar-refractivity contribution in [1.82, 2.24) is 0 Å². The maximum absolute atomic E-state index is 12.4. The second-order valence-electron chi connectivity index (χ2n) is 4.31. The molecule has 1 nitrogen and oxygen atoms in total. The molecule has 0 radical (unpaired) electrons. The molecule has 0 aromatic heterocycles. The van der Waals surface area contributed by atoms with Crippen LogP contribution < -0.4 is 0 Å². The summed E-state index contributed by atoms with van der Waals surface area (Å²) in [6, 6.07) is 17.7. The summed E-state index contributed by atoms with van der Waals surface area (Å²) in [6.07, 6.45) is 0. The number of hydrogen-bond donors (Lipinski definition) is 0. The number of aryl methyl sites for hydroxylation is 1. The molecule has 0 spiro atoms. The van der Waals surface area contributed by atoms with Crippen LogP contribution >= 0.6 is 0 Å². The molecule has 1 heteroatoms. The van der Waals surface area contributed by atoms with Gasteiger partial charge >= 0.3 is 0 Å². The van der Waals surface area contributed by atoms with Crippen molar-refractivity contribution in [3.63, 3.8) is 0 Å². The predicted molar refractivity (Wildman–Crippen MR) is 70.4 cm³/mol. The summed E-state index contributed by atoms with van der Waals surface area (Å²) < 4.78 is 0. The zero-order valence-electron chi connectivity index (χ0n) is 10.2. The topological polar surface area (TPSA) is 17.1 Å². The van der Waals surface area contributed by atoms with Crippen LogP contribution in [0.2, 0.25) is 0 Å². The summed E-state index contributed by atoms with van der Waals surface area (Å²) in [7, 11) is 0. The van der Waals surface area contributed by atoms with E-state index in [9.17, 15) is 4.79 Å². The van der Waals surface area contributed by atoms with Gasteiger partial charge in [-0.15, -0.1) is 0 Å². The Morgan fingerprint density at radius 2 is 1.53 bits per heavy atom. The smallest absolute Gasteiger partial charge is 0.170 e. The minimum absolute atomic E-state index is 0.0858. The van der Waals surface area contributed by atoms with Gasteiger partial charge < -0.3 is 0 Å². The van der Waals surface area contributed by atoms with Gasteiger partial charge in [-0.05, 0) is 18.1 Å². The van der Waals surface area contributed by atoms with Gasteiger partial charge in [-0.1, -0.05) is 61.5 Å². The van der Waals surface area contributed by atoms with Gasteiger partial charge in [0.25, 0.3) is 0 Å². The Morgan fingerprint density at radius 3 is 2.18 bits per heavy atom. The number of rotatable bonds is 3. The highest BCUT2D eigenvalue weighted by Gasteiger charge is 2.17. The molecule has 2 rings (SSSR count). The quantitative estimate of drug-likeness (QED) is 0.721. The van der Waals surface area contributed by atoms with Crippen molar-refractivity contribution in [3.8, 4) is 0 Å². The van der Waals surface area contributed by atoms with Gasteiger partial charge in [0, 0.05) is 11.5 Å². The summed E-state index contributed by atoms with van der Waals surface area (Å²) in [5, 5.41) is 0. The SMILES string of the molecule is Cc1ccccc1C(=O)[C@@H](C)c1ccccc1. The van der Waals surface area contributed by atoms with E-state index in [2.05, 4.69) is 0 Å². The van der Waals surface area contributed by atoms with Crippen molar-refractivity contribution in [3.05, 3.63) is 71.3 Å². The Morgan fingerprint density at radius 1 is 0.941 bits per heavy atom. The van der Waals surface area contributed by atoms with Gasteiger partial charge in [-0.3, -0.25) is 4.79 Å². The van der Waals surface area contributed by atoms with E-state index in [1.165, 1.54) is 0 Å². The van der Waals surface area contributed by atoms with Crippen LogP contribution in [0, 0.1) is 6.92 Å². The number of carbonyl (C=O) groups excluding carboxylic acids is 1. The second kappa shape index (κ2) is 4.96. The van der Waals surface area contributed by atoms with Gasteiger partial charge in [0.2, 0.25) is 0 Å². The average molecular weight is 224 g/mol. The van der Waals surface area contributed by atoms with E-state index in [1.54, 1.807) is 0 Å². The van der Waals surface area contributed by atoms with Crippen LogP contribution in [0.15, 0.2) is 54.6 Å². The first kappa shape index (κ1) is 11.6. The Balaban J connectivity index is 2.30. The first-order valence-corrected chi connectivity index (χ1v) is 5.85. The molecule has 0 fully saturated rings. The molecule has 1 atom stereocenters. The Kier molecular flexibility index (Phi) is 3.38. The third-order valence-corrected chi connectivity index (χ3v) is 3.10. The molecule has 2 aromatic carbocycles. The Labute approximate surface area is 102 Å². The van der Waals surface area contributed by atoms with Crippen molar-refractivity contribution >= 4 is 5.78 Å². The first-order valence-electron chi connectivity index (χ1n) is 5.85. The monoisotopic (exact) mass is 224 g/mol. The molecule has 17 heavy (non-hydrogen) atoms. The third-order valence-electron chi connectivity index (χ3n) is 3.10. The molecule has 86 valence electrons. The van der Waals surface area contributed by atoms with Crippen molar-refractivity contribution in [2.24, 2.45) is 0 Å². The molecular formula is C16H16O. The van der Waals surface area contributed by atoms with Gasteiger partial charge in [-0.2, -0.15) is 0 Å². The van der Waals surface area contributed by atoms with Crippen LogP contribution in [0.1, 0.15) is 34.3 Å². The third kappa shape index (κ3) is 2.44. The fraction of sp³-hybridized carbons (Fsp3) is 0.188. The lowest BCUT2D eigenvalue weighted by Crippen LogP contribution is -2.10. The van der Waals surface area contributed by atoms with E-state index < -0.39 is 0 Å². The fourth-order valence-corrected chi connectivity index (χ4v) is 1.98. The molecule has 0 aliphatic heterocycles. The summed E-state index contributed by atoms with van der Waals surface area (Å²) in [5.74, 6) is 0.103. The minimum Gasteiger partial charge on any atom is -0.293 e. The number of carbonyl (C=O) groups is 1. The molecule has 0 saturated heterocycles. The molecule has 0 aliphatic carbocycles. The van der Waals surface area contributed by atoms with Gasteiger partial charge in [0.05, 0.1) is 0 Å². The molecule has 0 aliphatic rings. The summed E-state index contributed by atoms with van der Waals surface area (Å²) in [6.45, 7) is 3.94. The summed E-state index contributed by atoms with van der Waals surface area (Å²) in [5.41, 5.74) is 2.94. The zero-order valence-corrected chi connectivity index (χ0v) is 10.2. The molecule has 0 saturated carbocycles. The van der Waals surface area contributed by atoms with Crippen LogP contribution in [0.3, 0.4) is 0 Å². The van der Waals surface area contributed by atoms with Crippen LogP contribution in [0.25, 0.3) is 0 Å². The van der Waals surface area contributed by atoms with Gasteiger partial charge in [-0.25, -0.2) is 0 Å². The fourth-order valence-electron chi connectivity index (χ4n) is 1.98. The van der Waals surface area contributed by atoms with Gasteiger partial charge in [0.15, 0.2) is 5.78 Å². The highest BCUT2D eigenvalue weighted by molar-refractivity contribution is 6.01. The van der Waals surface area contributed by atoms with E-state index in [1.807, 2.05) is 68.4 Å². The van der Waals surface area contributed by atoms with E-state index in [4.69, 9.17) is 0 Å². The molecule has 0 N–H and O–H groups in total. The van der Waals surface area contributed by atoms with E-state index >= 15 is 0 Å². The highest BCUT2D eigenvalue weighted by atomic mass is 16.1. The first-order chi connectivity index (χ1) is 8.20. The standard InChI is InChI=1S/C16H16O/c1-12-8-6-7-11-15(12)16(17)13(2)14-9-4-3-5-10-14/h3-11,13H,1-2H3/t13-/m0/s1. The van der Waals surface area contributed by atoms with Crippen LogP contribution in [-0.4, -0.2) is 5.78 Å². The van der Waals surface area contributed by atoms with Crippen molar-refractivity contribution in [2.75, 3.05) is 0 Å². The molecule has 0 bridgehead atoms. The van der Waals surface area contributed by atoms with Gasteiger partial charge in [0.1, 0.15) is 0 Å². The van der Waals surface area contributed by atoms with E-state index in [0.717, 1.165) is 16.7 Å². The van der Waals surface area contributed by atoms with Crippen molar-refractivity contribution < 1.29 is 4.79 Å². The summed E-state index contributed by atoms with van der Waals surface area (Å²) in [4.78, 5) is 12.4. The molecule has 0 amide bonds. The van der Waals surface area contributed by atoms with Crippen LogP contribution in [0.4, 0.5) is 0 Å². The predicted octanol–water partition coefficient (Wildman–Crippen LogP) is 3.98. The Hall–Kier alpha value is -1.89. The molecule has 2 aromatic rings. The lowest BCUT2D eigenvalue weighted by Gasteiger charge is -2.12. The zero-order chi connectivity index (χ0) is 12.3. The number of ketones is 1. The molecule has 0 heterocycles. The number of Topliss-reactive ketones (excluding diaryl/α,β-unsaturated/α-hetero) is 1.